The highest BCUT2D eigenvalue weighted by Crippen LogP contribution is 2.31. The predicted octanol–water partition coefficient (Wildman–Crippen LogP) is 3.69. The van der Waals surface area contributed by atoms with E-state index in [1.165, 1.54) is 13.2 Å². The summed E-state index contributed by atoms with van der Waals surface area (Å²) in [6.45, 7) is 3.90. The summed E-state index contributed by atoms with van der Waals surface area (Å²) < 4.78 is 30.8. The quantitative estimate of drug-likeness (QED) is 0.717. The maximum absolute atomic E-state index is 14.7. The molecule has 2 aromatic rings. The van der Waals surface area contributed by atoms with Gasteiger partial charge < -0.3 is 19.5 Å². The van der Waals surface area contributed by atoms with Crippen LogP contribution in [0.25, 0.3) is 0 Å². The average Bonchev–Trinajstić information content (AvgIpc) is 2.75. The van der Waals surface area contributed by atoms with E-state index in [2.05, 4.69) is 10.2 Å². The fourth-order valence-electron chi connectivity index (χ4n) is 3.64. The molecule has 1 amide bonds. The highest BCUT2D eigenvalue weighted by Gasteiger charge is 2.30. The summed E-state index contributed by atoms with van der Waals surface area (Å²) in [5, 5.41) is 3.24. The molecule has 2 aromatic carbocycles. The molecule has 0 aromatic heterocycles. The van der Waals surface area contributed by atoms with Gasteiger partial charge in [-0.15, -0.1) is 0 Å². The van der Waals surface area contributed by atoms with Crippen LogP contribution in [0.15, 0.2) is 36.4 Å². The molecule has 2 atom stereocenters. The van der Waals surface area contributed by atoms with Gasteiger partial charge in [-0.2, -0.15) is 0 Å². The first kappa shape index (κ1) is 22.3. The fourth-order valence-corrected chi connectivity index (χ4v) is 3.93. The minimum absolute atomic E-state index is 0.00387. The first-order chi connectivity index (χ1) is 14.4. The van der Waals surface area contributed by atoms with Crippen molar-refractivity contribution in [3.63, 3.8) is 0 Å². The molecule has 0 spiro atoms. The third-order valence-corrected chi connectivity index (χ3v) is 5.49. The molecule has 6 nitrogen and oxygen atoms in total. The van der Waals surface area contributed by atoms with E-state index < -0.39 is 11.9 Å². The van der Waals surface area contributed by atoms with Crippen LogP contribution in [0.1, 0.15) is 28.9 Å². The Kier molecular flexibility index (Phi) is 7.53. The van der Waals surface area contributed by atoms with Crippen LogP contribution in [0, 0.1) is 5.82 Å². The van der Waals surface area contributed by atoms with Crippen molar-refractivity contribution in [2.24, 2.45) is 0 Å². The zero-order valence-corrected chi connectivity index (χ0v) is 18.0. The Bertz CT molecular complexity index is 875. The van der Waals surface area contributed by atoms with Crippen LogP contribution in [0.4, 0.5) is 4.39 Å². The SMILES string of the molecule is COc1ccc(C(=O)NCC(c2c(F)cccc2Cl)N2CCOC(C)C2)c(OC)c1. The lowest BCUT2D eigenvalue weighted by molar-refractivity contribution is -0.0346. The molecule has 1 heterocycles. The van der Waals surface area contributed by atoms with Gasteiger partial charge >= 0.3 is 0 Å². The van der Waals surface area contributed by atoms with Crippen LogP contribution >= 0.6 is 11.6 Å². The second-order valence-electron chi connectivity index (χ2n) is 7.10. The van der Waals surface area contributed by atoms with Crippen molar-refractivity contribution >= 4 is 17.5 Å². The number of halogens is 2. The van der Waals surface area contributed by atoms with Crippen molar-refractivity contribution in [2.45, 2.75) is 19.1 Å². The number of nitrogens with zero attached hydrogens (tertiary/aromatic N) is 1. The van der Waals surface area contributed by atoms with E-state index in [1.54, 1.807) is 37.4 Å². The summed E-state index contributed by atoms with van der Waals surface area (Å²) in [6, 6.07) is 9.14. The van der Waals surface area contributed by atoms with E-state index in [4.69, 9.17) is 25.8 Å². The van der Waals surface area contributed by atoms with E-state index in [-0.39, 0.29) is 18.6 Å². The minimum atomic E-state index is -0.432. The van der Waals surface area contributed by atoms with Crippen LogP contribution < -0.4 is 14.8 Å². The number of morpholine rings is 1. The number of nitrogens with one attached hydrogen (secondary N) is 1. The van der Waals surface area contributed by atoms with Crippen LogP contribution in [0.3, 0.4) is 0 Å². The maximum Gasteiger partial charge on any atom is 0.255 e. The molecule has 0 radical (unpaired) electrons. The van der Waals surface area contributed by atoms with Gasteiger partial charge in [-0.1, -0.05) is 17.7 Å². The van der Waals surface area contributed by atoms with Gasteiger partial charge in [0.1, 0.15) is 17.3 Å². The van der Waals surface area contributed by atoms with Crippen LogP contribution in [0.5, 0.6) is 11.5 Å². The minimum Gasteiger partial charge on any atom is -0.497 e. The lowest BCUT2D eigenvalue weighted by atomic mass is 10.0. The number of carbonyl (C=O) groups excluding carboxylic acids is 1. The van der Waals surface area contributed by atoms with Crippen LogP contribution in [-0.4, -0.2) is 57.4 Å². The fraction of sp³-hybridized carbons (Fsp3) is 0.409. The molecule has 1 aliphatic heterocycles. The number of carbonyl (C=O) groups is 1. The van der Waals surface area contributed by atoms with Crippen molar-refractivity contribution < 1.29 is 23.4 Å². The molecule has 2 unspecified atom stereocenters. The zero-order chi connectivity index (χ0) is 21.7. The molecule has 162 valence electrons. The molecule has 30 heavy (non-hydrogen) atoms. The molecule has 0 bridgehead atoms. The van der Waals surface area contributed by atoms with E-state index in [0.29, 0.717) is 47.3 Å². The zero-order valence-electron chi connectivity index (χ0n) is 17.3. The lowest BCUT2D eigenvalue weighted by Crippen LogP contribution is -2.47. The monoisotopic (exact) mass is 436 g/mol. The van der Waals surface area contributed by atoms with Gasteiger partial charge in [0.15, 0.2) is 0 Å². The summed E-state index contributed by atoms with van der Waals surface area (Å²) in [6.07, 6.45) is 0.00387. The van der Waals surface area contributed by atoms with E-state index >= 15 is 0 Å². The number of hydrogen-bond donors (Lipinski definition) is 1. The largest absolute Gasteiger partial charge is 0.497 e. The van der Waals surface area contributed by atoms with Crippen LogP contribution in [0.2, 0.25) is 5.02 Å². The van der Waals surface area contributed by atoms with Crippen LogP contribution in [-0.2, 0) is 4.74 Å². The van der Waals surface area contributed by atoms with Gasteiger partial charge in [-0.25, -0.2) is 4.39 Å². The van der Waals surface area contributed by atoms with E-state index in [9.17, 15) is 9.18 Å². The third kappa shape index (κ3) is 5.03. The number of methoxy groups -OCH3 is 2. The number of benzene rings is 2. The molecule has 0 saturated carbocycles. The Labute approximate surface area is 180 Å². The molecular formula is C22H26ClFN2O4. The summed E-state index contributed by atoms with van der Waals surface area (Å²) >= 11 is 6.35. The molecule has 1 saturated heterocycles. The maximum atomic E-state index is 14.7. The van der Waals surface area contributed by atoms with Gasteiger partial charge in [0.2, 0.25) is 0 Å². The molecule has 1 aliphatic rings. The number of ether oxygens (including phenoxy) is 3. The highest BCUT2D eigenvalue weighted by molar-refractivity contribution is 6.31. The predicted molar refractivity (Wildman–Crippen MR) is 113 cm³/mol. The van der Waals surface area contributed by atoms with Crippen molar-refractivity contribution in [1.29, 1.82) is 0 Å². The lowest BCUT2D eigenvalue weighted by Gasteiger charge is -2.38. The van der Waals surface area contributed by atoms with Gasteiger partial charge in [0, 0.05) is 36.3 Å². The van der Waals surface area contributed by atoms with E-state index in [0.717, 1.165) is 0 Å². The second-order valence-corrected chi connectivity index (χ2v) is 7.51. The Morgan fingerprint density at radius 3 is 2.80 bits per heavy atom. The third-order valence-electron chi connectivity index (χ3n) is 5.16. The molecule has 3 rings (SSSR count). The van der Waals surface area contributed by atoms with Gasteiger partial charge in [0.05, 0.1) is 38.5 Å². The highest BCUT2D eigenvalue weighted by atomic mass is 35.5. The molecule has 1 N–H and O–H groups in total. The summed E-state index contributed by atoms with van der Waals surface area (Å²) in [7, 11) is 3.03. The summed E-state index contributed by atoms with van der Waals surface area (Å²) in [5.41, 5.74) is 0.738. The normalized spacial score (nSPS) is 18.0. The Morgan fingerprint density at radius 1 is 1.33 bits per heavy atom. The van der Waals surface area contributed by atoms with Gasteiger partial charge in [0.25, 0.3) is 5.91 Å². The Morgan fingerprint density at radius 2 is 2.13 bits per heavy atom. The number of rotatable bonds is 7. The number of hydrogen-bond acceptors (Lipinski definition) is 5. The van der Waals surface area contributed by atoms with Crippen molar-refractivity contribution in [2.75, 3.05) is 40.5 Å². The molecule has 1 fully saturated rings. The van der Waals surface area contributed by atoms with Gasteiger partial charge in [-0.3, -0.25) is 9.69 Å². The number of amides is 1. The first-order valence-corrected chi connectivity index (χ1v) is 10.1. The standard InChI is InChI=1S/C22H26ClFN2O4/c1-14-13-26(9-10-30-14)19(21-17(23)5-4-6-18(21)24)12-25-22(27)16-8-7-15(28-2)11-20(16)29-3/h4-8,11,14,19H,9-10,12-13H2,1-3H3,(H,25,27). The molecular weight excluding hydrogens is 411 g/mol. The first-order valence-electron chi connectivity index (χ1n) is 9.74. The topological polar surface area (TPSA) is 60.0 Å². The van der Waals surface area contributed by atoms with E-state index in [1.807, 2.05) is 6.92 Å². The second kappa shape index (κ2) is 10.1. The Hall–Kier alpha value is -2.35. The summed E-state index contributed by atoms with van der Waals surface area (Å²) in [5.74, 6) is 0.255. The average molecular weight is 437 g/mol. The Balaban J connectivity index is 1.84. The van der Waals surface area contributed by atoms with Gasteiger partial charge in [-0.05, 0) is 31.2 Å². The molecule has 8 heteroatoms. The molecule has 0 aliphatic carbocycles. The van der Waals surface area contributed by atoms with Crippen molar-refractivity contribution in [1.82, 2.24) is 10.2 Å². The van der Waals surface area contributed by atoms with Crippen molar-refractivity contribution in [3.05, 3.63) is 58.4 Å². The smallest absolute Gasteiger partial charge is 0.255 e. The summed E-state index contributed by atoms with van der Waals surface area (Å²) in [4.78, 5) is 15.0. The van der Waals surface area contributed by atoms with Crippen molar-refractivity contribution in [3.8, 4) is 11.5 Å².